The van der Waals surface area contributed by atoms with E-state index in [0.717, 1.165) is 6.07 Å². The molecule has 0 aromatic heterocycles. The Morgan fingerprint density at radius 1 is 1.43 bits per heavy atom. The molecule has 0 unspecified atom stereocenters. The molecule has 0 fully saturated rings. The Morgan fingerprint density at radius 3 is 2.57 bits per heavy atom. The van der Waals surface area contributed by atoms with Crippen molar-refractivity contribution in [2.45, 2.75) is 0 Å². The number of urea groups is 1. The number of hydrogen-bond acceptors (Lipinski definition) is 2. The van der Waals surface area contributed by atoms with Gasteiger partial charge in [0.2, 0.25) is 0 Å². The predicted molar refractivity (Wildman–Crippen MR) is 46.6 cm³/mol. The standard InChI is InChI=1S/C8H7FN2O3/c9-4-2-1-3-5(11-8(10)14)6(4)7(12)13/h1-3H,(H,12,13)(H3,10,11,14). The van der Waals surface area contributed by atoms with E-state index in [1.54, 1.807) is 0 Å². The van der Waals surface area contributed by atoms with Crippen LogP contribution in [-0.4, -0.2) is 17.1 Å². The highest BCUT2D eigenvalue weighted by Gasteiger charge is 2.15. The Hall–Kier alpha value is -2.11. The Morgan fingerprint density at radius 2 is 2.07 bits per heavy atom. The molecule has 74 valence electrons. The lowest BCUT2D eigenvalue weighted by molar-refractivity contribution is 0.0693. The Bertz CT molecular complexity index is 392. The van der Waals surface area contributed by atoms with Gasteiger partial charge in [0.15, 0.2) is 0 Å². The number of carbonyl (C=O) groups excluding carboxylic acids is 1. The molecule has 14 heavy (non-hydrogen) atoms. The average molecular weight is 198 g/mol. The summed E-state index contributed by atoms with van der Waals surface area (Å²) in [6, 6.07) is 2.55. The summed E-state index contributed by atoms with van der Waals surface area (Å²) in [5, 5.41) is 10.6. The number of carboxylic acids is 1. The van der Waals surface area contributed by atoms with Crippen LogP contribution in [0, 0.1) is 5.82 Å². The van der Waals surface area contributed by atoms with Crippen molar-refractivity contribution in [3.8, 4) is 0 Å². The highest BCUT2D eigenvalue weighted by Crippen LogP contribution is 2.18. The largest absolute Gasteiger partial charge is 0.478 e. The van der Waals surface area contributed by atoms with Crippen LogP contribution in [-0.2, 0) is 0 Å². The van der Waals surface area contributed by atoms with E-state index in [0.29, 0.717) is 0 Å². The SMILES string of the molecule is NC(=O)Nc1cccc(F)c1C(=O)O. The molecule has 6 heteroatoms. The second-order valence-electron chi connectivity index (χ2n) is 2.46. The zero-order valence-electron chi connectivity index (χ0n) is 6.95. The Labute approximate surface area is 78.3 Å². The molecule has 2 amide bonds. The van der Waals surface area contributed by atoms with Crippen molar-refractivity contribution in [1.82, 2.24) is 0 Å². The normalized spacial score (nSPS) is 9.50. The zero-order valence-corrected chi connectivity index (χ0v) is 6.95. The van der Waals surface area contributed by atoms with Gasteiger partial charge in [0.25, 0.3) is 0 Å². The van der Waals surface area contributed by atoms with Crippen LogP contribution in [0.15, 0.2) is 18.2 Å². The average Bonchev–Trinajstić information content (AvgIpc) is 2.01. The Balaban J connectivity index is 3.21. The maximum absolute atomic E-state index is 13.0. The van der Waals surface area contributed by atoms with Crippen LogP contribution < -0.4 is 11.1 Å². The van der Waals surface area contributed by atoms with Crippen LogP contribution >= 0.6 is 0 Å². The van der Waals surface area contributed by atoms with Crippen molar-refractivity contribution in [3.63, 3.8) is 0 Å². The zero-order chi connectivity index (χ0) is 10.7. The molecule has 1 rings (SSSR count). The lowest BCUT2D eigenvalue weighted by Crippen LogP contribution is -2.21. The molecule has 0 radical (unpaired) electrons. The first-order chi connectivity index (χ1) is 6.52. The molecule has 4 N–H and O–H groups in total. The second kappa shape index (κ2) is 3.73. The maximum Gasteiger partial charge on any atom is 0.340 e. The van der Waals surface area contributed by atoms with E-state index in [-0.39, 0.29) is 5.69 Å². The fourth-order valence-electron chi connectivity index (χ4n) is 0.978. The summed E-state index contributed by atoms with van der Waals surface area (Å²) in [6.45, 7) is 0. The van der Waals surface area contributed by atoms with E-state index >= 15 is 0 Å². The van der Waals surface area contributed by atoms with E-state index in [1.165, 1.54) is 12.1 Å². The van der Waals surface area contributed by atoms with E-state index in [4.69, 9.17) is 10.8 Å². The number of nitrogens with two attached hydrogens (primary N) is 1. The van der Waals surface area contributed by atoms with Crippen molar-refractivity contribution in [1.29, 1.82) is 0 Å². The first-order valence-corrected chi connectivity index (χ1v) is 3.60. The van der Waals surface area contributed by atoms with E-state index < -0.39 is 23.4 Å². The minimum Gasteiger partial charge on any atom is -0.478 e. The summed E-state index contributed by atoms with van der Waals surface area (Å²) in [5.74, 6) is -2.39. The number of nitrogens with one attached hydrogen (secondary N) is 1. The monoisotopic (exact) mass is 198 g/mol. The number of carboxylic acid groups (broad SMARTS) is 1. The van der Waals surface area contributed by atoms with Gasteiger partial charge in [-0.2, -0.15) is 0 Å². The van der Waals surface area contributed by atoms with Crippen molar-refractivity contribution in [2.24, 2.45) is 5.73 Å². The second-order valence-corrected chi connectivity index (χ2v) is 2.46. The number of anilines is 1. The number of rotatable bonds is 2. The summed E-state index contributed by atoms with van der Waals surface area (Å²) >= 11 is 0. The molecule has 0 saturated carbocycles. The third-order valence-corrected chi connectivity index (χ3v) is 1.49. The number of hydrogen-bond donors (Lipinski definition) is 3. The minimum atomic E-state index is -1.47. The number of amides is 2. The molecule has 0 spiro atoms. The van der Waals surface area contributed by atoms with Crippen LogP contribution in [0.25, 0.3) is 0 Å². The van der Waals surface area contributed by atoms with Gasteiger partial charge in [-0.1, -0.05) is 6.07 Å². The topological polar surface area (TPSA) is 92.4 Å². The molecule has 5 nitrogen and oxygen atoms in total. The van der Waals surface area contributed by atoms with E-state index in [2.05, 4.69) is 0 Å². The van der Waals surface area contributed by atoms with Crippen LogP contribution in [0.5, 0.6) is 0 Å². The number of aromatic carboxylic acids is 1. The van der Waals surface area contributed by atoms with Crippen LogP contribution in [0.4, 0.5) is 14.9 Å². The third kappa shape index (κ3) is 1.98. The molecule has 0 saturated heterocycles. The molecular weight excluding hydrogens is 191 g/mol. The summed E-state index contributed by atoms with van der Waals surface area (Å²) < 4.78 is 13.0. The van der Waals surface area contributed by atoms with E-state index in [1.807, 2.05) is 5.32 Å². The van der Waals surface area contributed by atoms with Crippen LogP contribution in [0.3, 0.4) is 0 Å². The van der Waals surface area contributed by atoms with Crippen LogP contribution in [0.1, 0.15) is 10.4 Å². The van der Waals surface area contributed by atoms with Gasteiger partial charge in [0.05, 0.1) is 5.69 Å². The summed E-state index contributed by atoms with van der Waals surface area (Å²) in [6.07, 6.45) is 0. The predicted octanol–water partition coefficient (Wildman–Crippen LogP) is 1.01. The van der Waals surface area contributed by atoms with Crippen molar-refractivity contribution >= 4 is 17.7 Å². The lowest BCUT2D eigenvalue weighted by atomic mass is 10.1. The minimum absolute atomic E-state index is 0.162. The highest BCUT2D eigenvalue weighted by atomic mass is 19.1. The summed E-state index contributed by atoms with van der Waals surface area (Å²) in [4.78, 5) is 21.0. The number of halogens is 1. The van der Waals surface area contributed by atoms with Gasteiger partial charge < -0.3 is 16.2 Å². The molecule has 0 aliphatic rings. The molecule has 0 atom stereocenters. The fourth-order valence-corrected chi connectivity index (χ4v) is 0.978. The third-order valence-electron chi connectivity index (χ3n) is 1.49. The highest BCUT2D eigenvalue weighted by molar-refractivity contribution is 5.99. The molecule has 0 aliphatic carbocycles. The lowest BCUT2D eigenvalue weighted by Gasteiger charge is -2.06. The molecule has 0 heterocycles. The molecule has 1 aromatic rings. The van der Waals surface area contributed by atoms with Gasteiger partial charge in [0.1, 0.15) is 11.4 Å². The molecule has 0 aliphatic heterocycles. The van der Waals surface area contributed by atoms with E-state index in [9.17, 15) is 14.0 Å². The maximum atomic E-state index is 13.0. The van der Waals surface area contributed by atoms with Gasteiger partial charge in [-0.15, -0.1) is 0 Å². The molecule has 1 aromatic carbocycles. The Kier molecular flexibility index (Phi) is 2.66. The quantitative estimate of drug-likeness (QED) is 0.662. The van der Waals surface area contributed by atoms with Crippen molar-refractivity contribution < 1.29 is 19.1 Å². The number of primary amides is 1. The first-order valence-electron chi connectivity index (χ1n) is 3.60. The van der Waals surface area contributed by atoms with Gasteiger partial charge >= 0.3 is 12.0 Å². The number of benzene rings is 1. The van der Waals surface area contributed by atoms with Crippen molar-refractivity contribution in [3.05, 3.63) is 29.6 Å². The summed E-state index contributed by atoms with van der Waals surface area (Å²) in [7, 11) is 0. The van der Waals surface area contributed by atoms with Gasteiger partial charge in [-0.25, -0.2) is 14.0 Å². The first kappa shape index (κ1) is 9.97. The van der Waals surface area contributed by atoms with Gasteiger partial charge in [0, 0.05) is 0 Å². The molecular formula is C8H7FN2O3. The van der Waals surface area contributed by atoms with Gasteiger partial charge in [-0.3, -0.25) is 0 Å². The summed E-state index contributed by atoms with van der Waals surface area (Å²) in [5.41, 5.74) is 4.01. The van der Waals surface area contributed by atoms with Crippen molar-refractivity contribution in [2.75, 3.05) is 5.32 Å². The smallest absolute Gasteiger partial charge is 0.340 e. The fraction of sp³-hybridized carbons (Fsp3) is 0. The van der Waals surface area contributed by atoms with Gasteiger partial charge in [-0.05, 0) is 12.1 Å². The number of carbonyl (C=O) groups is 2. The van der Waals surface area contributed by atoms with Crippen LogP contribution in [0.2, 0.25) is 0 Å². The molecule has 0 bridgehead atoms.